The molecule has 1 aromatic carbocycles. The second-order valence-electron chi connectivity index (χ2n) is 3.49. The quantitative estimate of drug-likeness (QED) is 0.689. The molecule has 0 radical (unpaired) electrons. The molecule has 0 aromatic heterocycles. The van der Waals surface area contributed by atoms with Gasteiger partial charge in [-0.2, -0.15) is 5.26 Å². The second kappa shape index (κ2) is 6.86. The van der Waals surface area contributed by atoms with Crippen LogP contribution in [0.3, 0.4) is 0 Å². The van der Waals surface area contributed by atoms with Crippen molar-refractivity contribution in [3.8, 4) is 6.07 Å². The monoisotopic (exact) mass is 218 g/mol. The molecule has 0 amide bonds. The lowest BCUT2D eigenvalue weighted by Crippen LogP contribution is -2.35. The van der Waals surface area contributed by atoms with Crippen molar-refractivity contribution >= 4 is 5.69 Å². The maximum atomic E-state index is 8.66. The van der Waals surface area contributed by atoms with E-state index < -0.39 is 0 Å². The van der Waals surface area contributed by atoms with Crippen molar-refractivity contribution in [1.29, 1.82) is 5.26 Å². The van der Waals surface area contributed by atoms with E-state index in [0.717, 1.165) is 5.69 Å². The summed E-state index contributed by atoms with van der Waals surface area (Å²) >= 11 is 0. The molecule has 1 unspecified atom stereocenters. The van der Waals surface area contributed by atoms with Gasteiger partial charge in [-0.25, -0.2) is 0 Å². The molecule has 0 spiro atoms. The summed E-state index contributed by atoms with van der Waals surface area (Å²) in [6, 6.07) is 12.2. The van der Waals surface area contributed by atoms with Gasteiger partial charge in [0.25, 0.3) is 0 Å². The van der Waals surface area contributed by atoms with E-state index in [1.807, 2.05) is 44.2 Å². The Bertz CT molecular complexity index is 332. The number of nitrogens with zero attached hydrogens (tertiary/aromatic N) is 2. The lowest BCUT2D eigenvalue weighted by atomic mass is 10.2. The molecule has 1 atom stereocenters. The van der Waals surface area contributed by atoms with Crippen LogP contribution in [-0.4, -0.2) is 19.4 Å². The highest BCUT2D eigenvalue weighted by molar-refractivity contribution is 5.46. The van der Waals surface area contributed by atoms with Gasteiger partial charge in [0.05, 0.1) is 12.5 Å². The van der Waals surface area contributed by atoms with Gasteiger partial charge < -0.3 is 9.64 Å². The van der Waals surface area contributed by atoms with Gasteiger partial charge in [-0.1, -0.05) is 18.2 Å². The molecule has 0 aliphatic rings. The number of benzene rings is 1. The van der Waals surface area contributed by atoms with Gasteiger partial charge in [0.2, 0.25) is 0 Å². The van der Waals surface area contributed by atoms with E-state index in [2.05, 4.69) is 11.0 Å². The average molecular weight is 218 g/mol. The normalized spacial score (nSPS) is 11.8. The van der Waals surface area contributed by atoms with E-state index in [1.165, 1.54) is 0 Å². The van der Waals surface area contributed by atoms with Crippen LogP contribution in [0.2, 0.25) is 0 Å². The van der Waals surface area contributed by atoms with E-state index in [0.29, 0.717) is 19.6 Å². The smallest absolute Gasteiger partial charge is 0.127 e. The fraction of sp³-hybridized carbons (Fsp3) is 0.462. The topological polar surface area (TPSA) is 36.3 Å². The minimum Gasteiger partial charge on any atom is -0.359 e. The minimum atomic E-state index is 0.000694. The summed E-state index contributed by atoms with van der Waals surface area (Å²) in [5.74, 6) is 0. The molecule has 0 saturated heterocycles. The van der Waals surface area contributed by atoms with Gasteiger partial charge >= 0.3 is 0 Å². The molecule has 16 heavy (non-hydrogen) atoms. The molecule has 0 fully saturated rings. The summed E-state index contributed by atoms with van der Waals surface area (Å²) in [6.07, 6.45) is 0.507. The van der Waals surface area contributed by atoms with Crippen LogP contribution in [0.25, 0.3) is 0 Å². The fourth-order valence-corrected chi connectivity index (χ4v) is 1.64. The van der Waals surface area contributed by atoms with Crippen molar-refractivity contribution in [1.82, 2.24) is 0 Å². The van der Waals surface area contributed by atoms with E-state index in [1.54, 1.807) is 0 Å². The number of para-hydroxylation sites is 1. The maximum absolute atomic E-state index is 8.66. The third-order valence-corrected chi connectivity index (χ3v) is 2.40. The van der Waals surface area contributed by atoms with Gasteiger partial charge in [0.15, 0.2) is 0 Å². The third kappa shape index (κ3) is 3.56. The lowest BCUT2D eigenvalue weighted by molar-refractivity contribution is 0.0737. The number of ether oxygens (including phenoxy) is 1. The molecular formula is C13H18N2O. The Labute approximate surface area is 97.3 Å². The van der Waals surface area contributed by atoms with Gasteiger partial charge in [-0.15, -0.1) is 0 Å². The Morgan fingerprint density at radius 3 is 2.62 bits per heavy atom. The summed E-state index contributed by atoms with van der Waals surface area (Å²) < 4.78 is 5.57. The molecule has 0 bridgehead atoms. The van der Waals surface area contributed by atoms with Crippen LogP contribution < -0.4 is 4.90 Å². The molecule has 1 rings (SSSR count). The SMILES string of the molecule is CCOC(C)N(CCC#N)c1ccccc1. The molecule has 0 N–H and O–H groups in total. The van der Waals surface area contributed by atoms with Crippen molar-refractivity contribution in [2.75, 3.05) is 18.1 Å². The lowest BCUT2D eigenvalue weighted by Gasteiger charge is -2.30. The maximum Gasteiger partial charge on any atom is 0.127 e. The average Bonchev–Trinajstić information content (AvgIpc) is 2.31. The highest BCUT2D eigenvalue weighted by Crippen LogP contribution is 2.17. The third-order valence-electron chi connectivity index (χ3n) is 2.40. The molecule has 0 heterocycles. The number of rotatable bonds is 6. The first-order valence-corrected chi connectivity index (χ1v) is 5.59. The van der Waals surface area contributed by atoms with Crippen LogP contribution in [0, 0.1) is 11.3 Å². The van der Waals surface area contributed by atoms with E-state index in [9.17, 15) is 0 Å². The number of hydrogen-bond donors (Lipinski definition) is 0. The minimum absolute atomic E-state index is 0.000694. The fourth-order valence-electron chi connectivity index (χ4n) is 1.64. The number of nitriles is 1. The van der Waals surface area contributed by atoms with Gasteiger partial charge in [-0.05, 0) is 26.0 Å². The van der Waals surface area contributed by atoms with Crippen molar-refractivity contribution in [2.45, 2.75) is 26.5 Å². The predicted molar refractivity (Wildman–Crippen MR) is 65.1 cm³/mol. The standard InChI is InChI=1S/C13H18N2O/c1-3-16-12(2)15(11-7-10-14)13-8-5-4-6-9-13/h4-6,8-9,12H,3,7,11H2,1-2H3. The summed E-state index contributed by atoms with van der Waals surface area (Å²) in [4.78, 5) is 2.10. The molecule has 86 valence electrons. The predicted octanol–water partition coefficient (Wildman–Crippen LogP) is 2.79. The first-order chi connectivity index (χ1) is 7.79. The first kappa shape index (κ1) is 12.5. The summed E-state index contributed by atoms with van der Waals surface area (Å²) in [7, 11) is 0. The Morgan fingerprint density at radius 2 is 2.06 bits per heavy atom. The van der Waals surface area contributed by atoms with Gasteiger partial charge in [0, 0.05) is 18.8 Å². The van der Waals surface area contributed by atoms with E-state index in [4.69, 9.17) is 10.00 Å². The van der Waals surface area contributed by atoms with Gasteiger partial charge in [-0.3, -0.25) is 0 Å². The Kier molecular flexibility index (Phi) is 5.38. The molecule has 3 nitrogen and oxygen atoms in total. The molecule has 1 aromatic rings. The highest BCUT2D eigenvalue weighted by atomic mass is 16.5. The number of hydrogen-bond acceptors (Lipinski definition) is 3. The van der Waals surface area contributed by atoms with Crippen LogP contribution in [0.5, 0.6) is 0 Å². The van der Waals surface area contributed by atoms with E-state index >= 15 is 0 Å². The van der Waals surface area contributed by atoms with E-state index in [-0.39, 0.29) is 6.23 Å². The molecular weight excluding hydrogens is 200 g/mol. The van der Waals surface area contributed by atoms with Crippen molar-refractivity contribution in [3.63, 3.8) is 0 Å². The number of anilines is 1. The van der Waals surface area contributed by atoms with Crippen molar-refractivity contribution < 1.29 is 4.74 Å². The van der Waals surface area contributed by atoms with Gasteiger partial charge in [0.1, 0.15) is 6.23 Å². The summed E-state index contributed by atoms with van der Waals surface area (Å²) in [5, 5.41) is 8.66. The largest absolute Gasteiger partial charge is 0.359 e. The zero-order valence-corrected chi connectivity index (χ0v) is 9.89. The van der Waals surface area contributed by atoms with Crippen LogP contribution in [0.1, 0.15) is 20.3 Å². The zero-order valence-electron chi connectivity index (χ0n) is 9.89. The Balaban J connectivity index is 2.75. The van der Waals surface area contributed by atoms with Crippen molar-refractivity contribution in [3.05, 3.63) is 30.3 Å². The Hall–Kier alpha value is -1.53. The highest BCUT2D eigenvalue weighted by Gasteiger charge is 2.13. The van der Waals surface area contributed by atoms with Crippen LogP contribution >= 0.6 is 0 Å². The van der Waals surface area contributed by atoms with Crippen LogP contribution in [0.4, 0.5) is 5.69 Å². The summed E-state index contributed by atoms with van der Waals surface area (Å²) in [5.41, 5.74) is 1.10. The first-order valence-electron chi connectivity index (χ1n) is 5.59. The van der Waals surface area contributed by atoms with Crippen molar-refractivity contribution in [2.24, 2.45) is 0 Å². The summed E-state index contributed by atoms with van der Waals surface area (Å²) in [6.45, 7) is 5.36. The van der Waals surface area contributed by atoms with Crippen LogP contribution in [0.15, 0.2) is 30.3 Å². The molecule has 0 aliphatic carbocycles. The van der Waals surface area contributed by atoms with Crippen LogP contribution in [-0.2, 0) is 4.74 Å². The Morgan fingerprint density at radius 1 is 1.38 bits per heavy atom. The molecule has 3 heteroatoms. The zero-order chi connectivity index (χ0) is 11.8. The second-order valence-corrected chi connectivity index (χ2v) is 3.49. The molecule has 0 aliphatic heterocycles. The molecule has 0 saturated carbocycles.